The lowest BCUT2D eigenvalue weighted by atomic mass is 9.81. The minimum atomic E-state index is 0.712. The predicted octanol–water partition coefficient (Wildman–Crippen LogP) is 2.40. The van der Waals surface area contributed by atoms with Crippen molar-refractivity contribution in [2.75, 3.05) is 13.1 Å². The molecule has 1 fully saturated rings. The average Bonchev–Trinajstić information content (AvgIpc) is 2.78. The minimum Gasteiger partial charge on any atom is -0.335 e. The minimum absolute atomic E-state index is 0.712. The van der Waals surface area contributed by atoms with Crippen LogP contribution >= 0.6 is 0 Å². The van der Waals surface area contributed by atoms with E-state index in [9.17, 15) is 0 Å². The lowest BCUT2D eigenvalue weighted by molar-refractivity contribution is 0.297. The molecule has 0 spiro atoms. The van der Waals surface area contributed by atoms with Gasteiger partial charge in [0.25, 0.3) is 0 Å². The van der Waals surface area contributed by atoms with Crippen LogP contribution in [0.3, 0.4) is 0 Å². The maximum absolute atomic E-state index is 4.31. The van der Waals surface area contributed by atoms with Crippen LogP contribution in [0.2, 0.25) is 0 Å². The van der Waals surface area contributed by atoms with Gasteiger partial charge >= 0.3 is 0 Å². The molecule has 2 atom stereocenters. The standard InChI is InChI=1S/C13H23N3/c1-3-5-11-8-14-7-6-12(11)13-9-15-10-16(13)4-2/h9-12,14H,3-8H2,1-2H3. The predicted molar refractivity (Wildman–Crippen MR) is 66.5 cm³/mol. The maximum Gasteiger partial charge on any atom is 0.0948 e. The fourth-order valence-corrected chi connectivity index (χ4v) is 2.89. The number of aryl methyl sites for hydroxylation is 1. The lowest BCUT2D eigenvalue weighted by Crippen LogP contribution is -2.36. The van der Waals surface area contributed by atoms with Crippen molar-refractivity contribution in [2.24, 2.45) is 5.92 Å². The van der Waals surface area contributed by atoms with E-state index in [0.717, 1.165) is 19.0 Å². The molecule has 3 heteroatoms. The van der Waals surface area contributed by atoms with Crippen LogP contribution in [0.1, 0.15) is 44.7 Å². The van der Waals surface area contributed by atoms with Gasteiger partial charge in [0, 0.05) is 24.4 Å². The SMILES string of the molecule is CCCC1CNCCC1c1cncn1CC. The van der Waals surface area contributed by atoms with Gasteiger partial charge in [0.15, 0.2) is 0 Å². The second-order valence-corrected chi connectivity index (χ2v) is 4.75. The monoisotopic (exact) mass is 221 g/mol. The molecule has 0 bridgehead atoms. The second-order valence-electron chi connectivity index (χ2n) is 4.75. The van der Waals surface area contributed by atoms with Gasteiger partial charge in [0.2, 0.25) is 0 Å². The summed E-state index contributed by atoms with van der Waals surface area (Å²) in [4.78, 5) is 4.31. The van der Waals surface area contributed by atoms with Gasteiger partial charge in [-0.1, -0.05) is 13.3 Å². The molecule has 1 aliphatic rings. The molecule has 2 rings (SSSR count). The number of hydrogen-bond acceptors (Lipinski definition) is 2. The normalized spacial score (nSPS) is 25.9. The molecule has 1 aromatic heterocycles. The van der Waals surface area contributed by atoms with Crippen molar-refractivity contribution < 1.29 is 0 Å². The largest absolute Gasteiger partial charge is 0.335 e. The first kappa shape index (κ1) is 11.6. The van der Waals surface area contributed by atoms with Crippen LogP contribution in [0.5, 0.6) is 0 Å². The van der Waals surface area contributed by atoms with Crippen LogP contribution in [-0.2, 0) is 6.54 Å². The highest BCUT2D eigenvalue weighted by Crippen LogP contribution is 2.32. The Balaban J connectivity index is 2.16. The van der Waals surface area contributed by atoms with Gasteiger partial charge in [-0.15, -0.1) is 0 Å². The molecular formula is C13H23N3. The van der Waals surface area contributed by atoms with Gasteiger partial charge in [-0.3, -0.25) is 0 Å². The molecule has 0 aliphatic carbocycles. The summed E-state index contributed by atoms with van der Waals surface area (Å²) in [6.07, 6.45) is 7.91. The molecule has 1 aromatic rings. The van der Waals surface area contributed by atoms with Crippen molar-refractivity contribution in [2.45, 2.75) is 45.6 Å². The molecule has 90 valence electrons. The van der Waals surface area contributed by atoms with E-state index in [4.69, 9.17) is 0 Å². The smallest absolute Gasteiger partial charge is 0.0948 e. The van der Waals surface area contributed by atoms with Gasteiger partial charge < -0.3 is 9.88 Å². The van der Waals surface area contributed by atoms with E-state index in [2.05, 4.69) is 34.9 Å². The fraction of sp³-hybridized carbons (Fsp3) is 0.769. The number of imidazole rings is 1. The fourth-order valence-electron chi connectivity index (χ4n) is 2.89. The van der Waals surface area contributed by atoms with E-state index in [0.29, 0.717) is 5.92 Å². The van der Waals surface area contributed by atoms with Crippen LogP contribution < -0.4 is 5.32 Å². The summed E-state index contributed by atoms with van der Waals surface area (Å²) in [6, 6.07) is 0. The van der Waals surface area contributed by atoms with Crippen molar-refractivity contribution in [1.29, 1.82) is 0 Å². The van der Waals surface area contributed by atoms with Gasteiger partial charge in [0.1, 0.15) is 0 Å². The van der Waals surface area contributed by atoms with Crippen LogP contribution in [0.4, 0.5) is 0 Å². The third-order valence-corrected chi connectivity index (χ3v) is 3.73. The van der Waals surface area contributed by atoms with E-state index in [1.54, 1.807) is 0 Å². The van der Waals surface area contributed by atoms with Crippen molar-refractivity contribution in [3.63, 3.8) is 0 Å². The van der Waals surface area contributed by atoms with Crippen LogP contribution in [0.15, 0.2) is 12.5 Å². The molecular weight excluding hydrogens is 198 g/mol. The Bertz CT molecular complexity index is 317. The summed E-state index contributed by atoms with van der Waals surface area (Å²) in [7, 11) is 0. The van der Waals surface area contributed by atoms with Gasteiger partial charge in [-0.05, 0) is 38.8 Å². The van der Waals surface area contributed by atoms with E-state index in [-0.39, 0.29) is 0 Å². The Kier molecular flexibility index (Phi) is 3.99. The summed E-state index contributed by atoms with van der Waals surface area (Å²) in [5, 5.41) is 3.52. The molecule has 3 nitrogen and oxygen atoms in total. The number of nitrogens with zero attached hydrogens (tertiary/aromatic N) is 2. The topological polar surface area (TPSA) is 29.9 Å². The molecule has 0 aromatic carbocycles. The molecule has 0 amide bonds. The number of aromatic nitrogens is 2. The summed E-state index contributed by atoms with van der Waals surface area (Å²) < 4.78 is 2.30. The average molecular weight is 221 g/mol. The van der Waals surface area contributed by atoms with E-state index >= 15 is 0 Å². The molecule has 1 saturated heterocycles. The first-order valence-electron chi connectivity index (χ1n) is 6.57. The van der Waals surface area contributed by atoms with Crippen LogP contribution in [0.25, 0.3) is 0 Å². The first-order valence-corrected chi connectivity index (χ1v) is 6.57. The van der Waals surface area contributed by atoms with E-state index < -0.39 is 0 Å². The Hall–Kier alpha value is -0.830. The number of piperidine rings is 1. The summed E-state index contributed by atoms with van der Waals surface area (Å²) in [5.41, 5.74) is 1.45. The van der Waals surface area contributed by atoms with Crippen molar-refractivity contribution >= 4 is 0 Å². The van der Waals surface area contributed by atoms with Gasteiger partial charge in [-0.25, -0.2) is 4.98 Å². The zero-order chi connectivity index (χ0) is 11.4. The lowest BCUT2D eigenvalue weighted by Gasteiger charge is -2.32. The van der Waals surface area contributed by atoms with Crippen molar-refractivity contribution in [3.8, 4) is 0 Å². The van der Waals surface area contributed by atoms with Crippen molar-refractivity contribution in [3.05, 3.63) is 18.2 Å². The summed E-state index contributed by atoms with van der Waals surface area (Å²) in [5.74, 6) is 1.50. The summed E-state index contributed by atoms with van der Waals surface area (Å²) in [6.45, 7) is 7.84. The zero-order valence-corrected chi connectivity index (χ0v) is 10.4. The van der Waals surface area contributed by atoms with E-state index in [1.165, 1.54) is 31.5 Å². The number of nitrogens with one attached hydrogen (secondary N) is 1. The Morgan fingerprint density at radius 2 is 2.38 bits per heavy atom. The molecule has 2 heterocycles. The molecule has 0 saturated carbocycles. The Labute approximate surface area is 98.3 Å². The Morgan fingerprint density at radius 1 is 1.50 bits per heavy atom. The third kappa shape index (κ3) is 2.29. The van der Waals surface area contributed by atoms with Crippen LogP contribution in [0, 0.1) is 5.92 Å². The molecule has 1 aliphatic heterocycles. The van der Waals surface area contributed by atoms with Gasteiger partial charge in [0.05, 0.1) is 6.33 Å². The number of rotatable bonds is 4. The second kappa shape index (κ2) is 5.48. The highest BCUT2D eigenvalue weighted by Gasteiger charge is 2.27. The quantitative estimate of drug-likeness (QED) is 0.846. The van der Waals surface area contributed by atoms with Crippen LogP contribution in [-0.4, -0.2) is 22.6 Å². The molecule has 0 radical (unpaired) electrons. The third-order valence-electron chi connectivity index (χ3n) is 3.73. The number of hydrogen-bond donors (Lipinski definition) is 1. The molecule has 1 N–H and O–H groups in total. The molecule has 16 heavy (non-hydrogen) atoms. The Morgan fingerprint density at radius 3 is 3.12 bits per heavy atom. The maximum atomic E-state index is 4.31. The molecule has 2 unspecified atom stereocenters. The highest BCUT2D eigenvalue weighted by molar-refractivity contribution is 5.10. The zero-order valence-electron chi connectivity index (χ0n) is 10.4. The highest BCUT2D eigenvalue weighted by atomic mass is 15.0. The van der Waals surface area contributed by atoms with Crippen molar-refractivity contribution in [1.82, 2.24) is 14.9 Å². The van der Waals surface area contributed by atoms with Gasteiger partial charge in [-0.2, -0.15) is 0 Å². The summed E-state index contributed by atoms with van der Waals surface area (Å²) >= 11 is 0. The van der Waals surface area contributed by atoms with E-state index in [1.807, 2.05) is 6.33 Å². The first-order chi connectivity index (χ1) is 7.86.